The van der Waals surface area contributed by atoms with Crippen LogP contribution in [0.2, 0.25) is 0 Å². The molecule has 0 saturated carbocycles. The Morgan fingerprint density at radius 1 is 1.36 bits per heavy atom. The SMILES string of the molecule is O=C(Cl)c1cscc1Cn1cccc1. The van der Waals surface area contributed by atoms with Crippen LogP contribution in [0.5, 0.6) is 0 Å². The Morgan fingerprint density at radius 3 is 2.71 bits per heavy atom. The number of carbonyl (C=O) groups is 1. The van der Waals surface area contributed by atoms with Crippen molar-refractivity contribution >= 4 is 28.2 Å². The number of rotatable bonds is 3. The van der Waals surface area contributed by atoms with E-state index in [2.05, 4.69) is 0 Å². The molecule has 0 aromatic carbocycles. The molecule has 2 rings (SSSR count). The van der Waals surface area contributed by atoms with Crippen molar-refractivity contribution in [3.05, 3.63) is 46.4 Å². The van der Waals surface area contributed by atoms with Crippen LogP contribution in [0.15, 0.2) is 35.3 Å². The van der Waals surface area contributed by atoms with E-state index < -0.39 is 0 Å². The molecule has 14 heavy (non-hydrogen) atoms. The standard InChI is InChI=1S/C10H8ClNOS/c11-10(13)9-7-14-6-8(9)5-12-3-1-2-4-12/h1-4,6-7H,5H2. The fourth-order valence-corrected chi connectivity index (χ4v) is 2.36. The van der Waals surface area contributed by atoms with Gasteiger partial charge in [-0.3, -0.25) is 4.79 Å². The fraction of sp³-hybridized carbons (Fsp3) is 0.100. The molecule has 0 unspecified atom stereocenters. The Morgan fingerprint density at radius 2 is 2.07 bits per heavy atom. The molecule has 2 aromatic rings. The maximum atomic E-state index is 11.0. The lowest BCUT2D eigenvalue weighted by molar-refractivity contribution is 0.108. The number of nitrogens with zero attached hydrogens (tertiary/aromatic N) is 1. The summed E-state index contributed by atoms with van der Waals surface area (Å²) < 4.78 is 2.01. The minimum atomic E-state index is -0.381. The third-order valence-electron chi connectivity index (χ3n) is 1.97. The molecule has 0 fully saturated rings. The van der Waals surface area contributed by atoms with Gasteiger partial charge in [-0.05, 0) is 34.7 Å². The normalized spacial score (nSPS) is 10.4. The van der Waals surface area contributed by atoms with E-state index in [1.807, 2.05) is 34.5 Å². The van der Waals surface area contributed by atoms with Crippen molar-refractivity contribution in [3.63, 3.8) is 0 Å². The first kappa shape index (κ1) is 9.49. The predicted octanol–water partition coefficient (Wildman–Crippen LogP) is 2.98. The van der Waals surface area contributed by atoms with E-state index in [4.69, 9.17) is 11.6 Å². The maximum Gasteiger partial charge on any atom is 0.253 e. The Kier molecular flexibility index (Phi) is 2.70. The molecule has 0 amide bonds. The van der Waals surface area contributed by atoms with Crippen LogP contribution in [0.3, 0.4) is 0 Å². The van der Waals surface area contributed by atoms with Crippen LogP contribution in [-0.2, 0) is 6.54 Å². The third kappa shape index (κ3) is 1.89. The third-order valence-corrected chi connectivity index (χ3v) is 2.97. The highest BCUT2D eigenvalue weighted by molar-refractivity contribution is 7.08. The van der Waals surface area contributed by atoms with Gasteiger partial charge in [-0.1, -0.05) is 0 Å². The summed E-state index contributed by atoms with van der Waals surface area (Å²) >= 11 is 6.95. The average molecular weight is 226 g/mol. The van der Waals surface area contributed by atoms with Crippen LogP contribution >= 0.6 is 22.9 Å². The summed E-state index contributed by atoms with van der Waals surface area (Å²) in [6, 6.07) is 3.91. The zero-order valence-corrected chi connectivity index (χ0v) is 8.89. The molecule has 2 aromatic heterocycles. The van der Waals surface area contributed by atoms with Gasteiger partial charge in [0.25, 0.3) is 5.24 Å². The molecule has 0 atom stereocenters. The molecule has 0 radical (unpaired) electrons. The van der Waals surface area contributed by atoms with E-state index in [0.717, 1.165) is 5.56 Å². The summed E-state index contributed by atoms with van der Waals surface area (Å²) in [5.74, 6) is 0. The van der Waals surface area contributed by atoms with Crippen molar-refractivity contribution in [2.45, 2.75) is 6.54 Å². The first-order valence-corrected chi connectivity index (χ1v) is 5.45. The van der Waals surface area contributed by atoms with Gasteiger partial charge in [0.2, 0.25) is 0 Å². The van der Waals surface area contributed by atoms with Gasteiger partial charge in [0.1, 0.15) is 0 Å². The summed E-state index contributed by atoms with van der Waals surface area (Å²) in [5, 5.41) is 3.36. The number of aromatic nitrogens is 1. The van der Waals surface area contributed by atoms with Crippen molar-refractivity contribution in [2.24, 2.45) is 0 Å². The number of thiophene rings is 1. The van der Waals surface area contributed by atoms with Crippen molar-refractivity contribution in [3.8, 4) is 0 Å². The second-order valence-corrected chi connectivity index (χ2v) is 4.03. The molecule has 0 N–H and O–H groups in total. The molecule has 0 saturated heterocycles. The van der Waals surface area contributed by atoms with Gasteiger partial charge >= 0.3 is 0 Å². The summed E-state index contributed by atoms with van der Waals surface area (Å²) in [4.78, 5) is 11.0. The van der Waals surface area contributed by atoms with Crippen LogP contribution in [0.1, 0.15) is 15.9 Å². The maximum absolute atomic E-state index is 11.0. The smallest absolute Gasteiger partial charge is 0.253 e. The molecule has 0 aliphatic heterocycles. The van der Waals surface area contributed by atoms with Crippen LogP contribution in [0, 0.1) is 0 Å². The molecule has 2 nitrogen and oxygen atoms in total. The van der Waals surface area contributed by atoms with Crippen molar-refractivity contribution in [2.75, 3.05) is 0 Å². The minimum absolute atomic E-state index is 0.381. The lowest BCUT2D eigenvalue weighted by atomic mass is 10.2. The van der Waals surface area contributed by atoms with Gasteiger partial charge in [0.05, 0.1) is 0 Å². The van der Waals surface area contributed by atoms with E-state index in [0.29, 0.717) is 12.1 Å². The predicted molar refractivity (Wildman–Crippen MR) is 58.0 cm³/mol. The Labute approximate surface area is 90.7 Å². The van der Waals surface area contributed by atoms with Crippen LogP contribution < -0.4 is 0 Å². The average Bonchev–Trinajstić information content (AvgIpc) is 2.75. The van der Waals surface area contributed by atoms with Crippen LogP contribution in [-0.4, -0.2) is 9.81 Å². The topological polar surface area (TPSA) is 22.0 Å². The highest BCUT2D eigenvalue weighted by atomic mass is 35.5. The van der Waals surface area contributed by atoms with Gasteiger partial charge in [0.15, 0.2) is 0 Å². The van der Waals surface area contributed by atoms with Crippen molar-refractivity contribution < 1.29 is 4.79 Å². The molecule has 2 heterocycles. The number of carbonyl (C=O) groups excluding carboxylic acids is 1. The van der Waals surface area contributed by atoms with E-state index in [1.54, 1.807) is 5.38 Å². The Hall–Kier alpha value is -1.06. The molecule has 4 heteroatoms. The minimum Gasteiger partial charge on any atom is -0.350 e. The monoisotopic (exact) mass is 225 g/mol. The summed E-state index contributed by atoms with van der Waals surface area (Å²) in [5.41, 5.74) is 1.59. The van der Waals surface area contributed by atoms with Crippen molar-refractivity contribution in [1.82, 2.24) is 4.57 Å². The molecule has 0 spiro atoms. The van der Waals surface area contributed by atoms with Gasteiger partial charge in [-0.25, -0.2) is 0 Å². The highest BCUT2D eigenvalue weighted by Crippen LogP contribution is 2.18. The number of hydrogen-bond acceptors (Lipinski definition) is 2. The Bertz CT molecular complexity index is 433. The summed E-state index contributed by atoms with van der Waals surface area (Å²) in [6.45, 7) is 0.699. The number of halogens is 1. The first-order valence-electron chi connectivity index (χ1n) is 4.13. The lowest BCUT2D eigenvalue weighted by Gasteiger charge is -2.01. The number of hydrogen-bond donors (Lipinski definition) is 0. The summed E-state index contributed by atoms with van der Waals surface area (Å²) in [7, 11) is 0. The van der Waals surface area contributed by atoms with E-state index >= 15 is 0 Å². The van der Waals surface area contributed by atoms with Gasteiger partial charge < -0.3 is 4.57 Å². The second-order valence-electron chi connectivity index (χ2n) is 2.94. The van der Waals surface area contributed by atoms with Gasteiger partial charge in [-0.2, -0.15) is 11.3 Å². The fourth-order valence-electron chi connectivity index (χ4n) is 1.29. The molecular formula is C10H8ClNOS. The molecule has 0 aliphatic carbocycles. The molecule has 0 aliphatic rings. The second kappa shape index (κ2) is 3.98. The largest absolute Gasteiger partial charge is 0.350 e. The van der Waals surface area contributed by atoms with E-state index in [-0.39, 0.29) is 5.24 Å². The zero-order valence-electron chi connectivity index (χ0n) is 7.31. The van der Waals surface area contributed by atoms with Crippen LogP contribution in [0.25, 0.3) is 0 Å². The quantitative estimate of drug-likeness (QED) is 0.737. The molecule has 0 bridgehead atoms. The highest BCUT2D eigenvalue weighted by Gasteiger charge is 2.09. The van der Waals surface area contributed by atoms with E-state index in [9.17, 15) is 4.79 Å². The van der Waals surface area contributed by atoms with Crippen LogP contribution in [0.4, 0.5) is 0 Å². The Balaban J connectivity index is 2.25. The first-order chi connectivity index (χ1) is 6.77. The molecular weight excluding hydrogens is 218 g/mol. The van der Waals surface area contributed by atoms with E-state index in [1.165, 1.54) is 11.3 Å². The van der Waals surface area contributed by atoms with Gasteiger partial charge in [-0.15, -0.1) is 0 Å². The van der Waals surface area contributed by atoms with Gasteiger partial charge in [0, 0.05) is 29.9 Å². The summed E-state index contributed by atoms with van der Waals surface area (Å²) in [6.07, 6.45) is 3.92. The zero-order chi connectivity index (χ0) is 9.97. The molecule has 72 valence electrons. The lowest BCUT2D eigenvalue weighted by Crippen LogP contribution is -1.99. The van der Waals surface area contributed by atoms with Crippen molar-refractivity contribution in [1.29, 1.82) is 0 Å².